The zero-order valence-corrected chi connectivity index (χ0v) is 10.8. The number of rotatable bonds is 3. The first-order valence-corrected chi connectivity index (χ1v) is 6.17. The highest BCUT2D eigenvalue weighted by Gasteiger charge is 2.39. The molecule has 6 nitrogen and oxygen atoms in total. The first-order valence-electron chi connectivity index (χ1n) is 6.17. The molecular weight excluding hydrogens is 262 g/mol. The quantitative estimate of drug-likeness (QED) is 0.468. The van der Waals surface area contributed by atoms with Crippen LogP contribution in [-0.2, 0) is 25.9 Å². The van der Waals surface area contributed by atoms with Crippen LogP contribution in [0.3, 0.4) is 0 Å². The van der Waals surface area contributed by atoms with Crippen LogP contribution in [-0.4, -0.2) is 36.2 Å². The Morgan fingerprint density at radius 1 is 1.25 bits per heavy atom. The van der Waals surface area contributed by atoms with Gasteiger partial charge in [0, 0.05) is 6.54 Å². The van der Waals surface area contributed by atoms with Gasteiger partial charge in [-0.2, -0.15) is 0 Å². The molecule has 1 saturated heterocycles. The minimum atomic E-state index is -0.658. The van der Waals surface area contributed by atoms with E-state index >= 15 is 0 Å². The summed E-state index contributed by atoms with van der Waals surface area (Å²) in [4.78, 5) is 34.9. The van der Waals surface area contributed by atoms with E-state index in [0.717, 1.165) is 5.56 Å². The average Bonchev–Trinajstić information content (AvgIpc) is 2.51. The highest BCUT2D eigenvalue weighted by atomic mass is 17.2. The zero-order valence-electron chi connectivity index (χ0n) is 10.8. The average molecular weight is 275 g/mol. The third-order valence-corrected chi connectivity index (χ3v) is 3.27. The van der Waals surface area contributed by atoms with Crippen LogP contribution in [0.4, 0.5) is 0 Å². The Bertz CT molecular complexity index is 565. The number of hydrogen-bond donors (Lipinski definition) is 0. The molecule has 4 rings (SSSR count). The second-order valence-electron chi connectivity index (χ2n) is 4.54. The second kappa shape index (κ2) is 5.07. The molecule has 104 valence electrons. The zero-order chi connectivity index (χ0) is 14.1. The van der Waals surface area contributed by atoms with Gasteiger partial charge >= 0.3 is 5.97 Å². The molecule has 2 bridgehead atoms. The fraction of sp³-hybridized carbons (Fsp3) is 0.286. The molecule has 1 amide bonds. The molecule has 0 aromatic heterocycles. The van der Waals surface area contributed by atoms with Crippen molar-refractivity contribution in [2.75, 3.05) is 7.11 Å². The third kappa shape index (κ3) is 2.19. The van der Waals surface area contributed by atoms with Crippen molar-refractivity contribution in [1.82, 2.24) is 4.90 Å². The van der Waals surface area contributed by atoms with Gasteiger partial charge in [0.05, 0.1) is 12.7 Å². The SMILES string of the molecule is COC(=O)c1ccc(CN2C(=O)C3C=CC2OO3)cc1. The number of hydrogen-bond acceptors (Lipinski definition) is 5. The van der Waals surface area contributed by atoms with Crippen molar-refractivity contribution in [2.45, 2.75) is 18.9 Å². The predicted octanol–water partition coefficient (Wildman–Crippen LogP) is 1.03. The smallest absolute Gasteiger partial charge is 0.337 e. The second-order valence-corrected chi connectivity index (χ2v) is 4.54. The number of nitrogens with zero attached hydrogens (tertiary/aromatic N) is 1. The van der Waals surface area contributed by atoms with Gasteiger partial charge in [-0.3, -0.25) is 4.79 Å². The molecule has 1 fully saturated rings. The Hall–Kier alpha value is -2.18. The molecule has 0 aliphatic carbocycles. The van der Waals surface area contributed by atoms with Crippen LogP contribution in [0.25, 0.3) is 0 Å². The molecule has 3 heterocycles. The van der Waals surface area contributed by atoms with E-state index in [9.17, 15) is 9.59 Å². The summed E-state index contributed by atoms with van der Waals surface area (Å²) in [6.45, 7) is 0.398. The van der Waals surface area contributed by atoms with Crippen LogP contribution >= 0.6 is 0 Å². The van der Waals surface area contributed by atoms with E-state index in [2.05, 4.69) is 4.74 Å². The Balaban J connectivity index is 1.74. The number of ether oxygens (including phenoxy) is 1. The topological polar surface area (TPSA) is 65.1 Å². The normalized spacial score (nSPS) is 24.1. The van der Waals surface area contributed by atoms with E-state index in [0.29, 0.717) is 12.1 Å². The lowest BCUT2D eigenvalue weighted by atomic mass is 10.1. The van der Waals surface area contributed by atoms with Crippen LogP contribution in [0, 0.1) is 0 Å². The van der Waals surface area contributed by atoms with Gasteiger partial charge < -0.3 is 9.64 Å². The number of carbonyl (C=O) groups is 2. The fourth-order valence-electron chi connectivity index (χ4n) is 2.17. The minimum Gasteiger partial charge on any atom is -0.465 e. The lowest BCUT2D eigenvalue weighted by Crippen LogP contribution is -2.53. The molecule has 3 aliphatic heterocycles. The standard InChI is InChI=1S/C14H13NO5/c1-18-14(17)10-4-2-9(3-5-10)8-15-12-7-6-11(13(15)16)19-20-12/h2-7,11-12H,8H2,1H3. The van der Waals surface area contributed by atoms with Crippen LogP contribution in [0.15, 0.2) is 36.4 Å². The van der Waals surface area contributed by atoms with E-state index in [1.807, 2.05) is 0 Å². The van der Waals surface area contributed by atoms with Crippen molar-refractivity contribution in [3.63, 3.8) is 0 Å². The highest BCUT2D eigenvalue weighted by molar-refractivity contribution is 5.89. The van der Waals surface area contributed by atoms with E-state index in [1.54, 1.807) is 41.3 Å². The maximum absolute atomic E-state index is 12.0. The molecule has 2 atom stereocenters. The van der Waals surface area contributed by atoms with E-state index in [-0.39, 0.29) is 11.9 Å². The van der Waals surface area contributed by atoms with Crippen LogP contribution in [0.5, 0.6) is 0 Å². The molecule has 3 aliphatic rings. The molecule has 0 saturated carbocycles. The molecule has 0 spiro atoms. The number of esters is 1. The molecular formula is C14H13NO5. The number of amides is 1. The van der Waals surface area contributed by atoms with Crippen LogP contribution in [0.2, 0.25) is 0 Å². The van der Waals surface area contributed by atoms with E-state index in [4.69, 9.17) is 9.78 Å². The van der Waals surface area contributed by atoms with Gasteiger partial charge in [-0.15, -0.1) is 0 Å². The summed E-state index contributed by atoms with van der Waals surface area (Å²) in [5.41, 5.74) is 1.37. The monoisotopic (exact) mass is 275 g/mol. The van der Waals surface area contributed by atoms with Crippen molar-refractivity contribution >= 4 is 11.9 Å². The number of fused-ring (bicyclic) bond motifs is 2. The fourth-order valence-corrected chi connectivity index (χ4v) is 2.17. The lowest BCUT2D eigenvalue weighted by Gasteiger charge is -2.39. The largest absolute Gasteiger partial charge is 0.465 e. The molecule has 1 aromatic rings. The van der Waals surface area contributed by atoms with Gasteiger partial charge in [0.25, 0.3) is 5.91 Å². The summed E-state index contributed by atoms with van der Waals surface area (Å²) in [6, 6.07) is 6.90. The Labute approximate surface area is 115 Å². The van der Waals surface area contributed by atoms with Crippen LogP contribution in [0.1, 0.15) is 15.9 Å². The van der Waals surface area contributed by atoms with Crippen LogP contribution < -0.4 is 0 Å². The first-order chi connectivity index (χ1) is 9.69. The lowest BCUT2D eigenvalue weighted by molar-refractivity contribution is -0.376. The summed E-state index contributed by atoms with van der Waals surface area (Å²) in [5, 5.41) is 0. The predicted molar refractivity (Wildman–Crippen MR) is 67.2 cm³/mol. The molecule has 2 unspecified atom stereocenters. The van der Waals surface area contributed by atoms with Crippen molar-refractivity contribution in [2.24, 2.45) is 0 Å². The maximum Gasteiger partial charge on any atom is 0.337 e. The van der Waals surface area contributed by atoms with Gasteiger partial charge in [-0.1, -0.05) is 12.1 Å². The Morgan fingerprint density at radius 2 is 2.00 bits per heavy atom. The van der Waals surface area contributed by atoms with E-state index < -0.39 is 12.3 Å². The number of carbonyl (C=O) groups excluding carboxylic acids is 2. The number of benzene rings is 1. The molecule has 6 heteroatoms. The van der Waals surface area contributed by atoms with Gasteiger partial charge in [0.1, 0.15) is 0 Å². The molecule has 0 radical (unpaired) electrons. The van der Waals surface area contributed by atoms with Gasteiger partial charge in [-0.05, 0) is 29.8 Å². The molecule has 0 N–H and O–H groups in total. The summed E-state index contributed by atoms with van der Waals surface area (Å²) in [5.74, 6) is -0.509. The molecule has 20 heavy (non-hydrogen) atoms. The van der Waals surface area contributed by atoms with Gasteiger partial charge in [-0.25, -0.2) is 14.6 Å². The first kappa shape index (κ1) is 12.8. The van der Waals surface area contributed by atoms with Crippen molar-refractivity contribution < 1.29 is 24.1 Å². The Morgan fingerprint density at radius 3 is 2.55 bits per heavy atom. The number of methoxy groups -OCH3 is 1. The highest BCUT2D eigenvalue weighted by Crippen LogP contribution is 2.24. The summed E-state index contributed by atoms with van der Waals surface area (Å²) < 4.78 is 4.63. The van der Waals surface area contributed by atoms with Gasteiger partial charge in [0.2, 0.25) is 0 Å². The van der Waals surface area contributed by atoms with E-state index in [1.165, 1.54) is 7.11 Å². The third-order valence-electron chi connectivity index (χ3n) is 3.27. The van der Waals surface area contributed by atoms with Crippen molar-refractivity contribution in [3.8, 4) is 0 Å². The Kier molecular flexibility index (Phi) is 3.25. The minimum absolute atomic E-state index is 0.124. The molecule has 1 aromatic carbocycles. The van der Waals surface area contributed by atoms with Crippen molar-refractivity contribution in [3.05, 3.63) is 47.5 Å². The maximum atomic E-state index is 12.0. The summed E-state index contributed by atoms with van der Waals surface area (Å²) in [6.07, 6.45) is 2.33. The summed E-state index contributed by atoms with van der Waals surface area (Å²) >= 11 is 0. The summed E-state index contributed by atoms with van der Waals surface area (Å²) in [7, 11) is 1.34. The van der Waals surface area contributed by atoms with Crippen molar-refractivity contribution in [1.29, 1.82) is 0 Å². The van der Waals surface area contributed by atoms with Gasteiger partial charge in [0.15, 0.2) is 12.3 Å².